The van der Waals surface area contributed by atoms with Crippen molar-refractivity contribution in [1.82, 2.24) is 0 Å². The standard InChI is InChI=1S/C8H10F4/c1-5-3-4-7(9,10)8(11,12)6(5)2/h3-4H2,1-2H3. The molecule has 0 heterocycles. The lowest BCUT2D eigenvalue weighted by atomic mass is 9.87. The summed E-state index contributed by atoms with van der Waals surface area (Å²) < 4.78 is 50.9. The number of alkyl halides is 4. The van der Waals surface area contributed by atoms with Gasteiger partial charge in [0, 0.05) is 12.0 Å². The van der Waals surface area contributed by atoms with Crippen LogP contribution in [-0.4, -0.2) is 11.8 Å². The Morgan fingerprint density at radius 3 is 2.00 bits per heavy atom. The Morgan fingerprint density at radius 1 is 1.08 bits per heavy atom. The fraction of sp³-hybridized carbons (Fsp3) is 0.750. The summed E-state index contributed by atoms with van der Waals surface area (Å²) in [6.45, 7) is 2.54. The molecule has 0 aromatic carbocycles. The molecule has 1 aliphatic rings. The van der Waals surface area contributed by atoms with Gasteiger partial charge in [-0.05, 0) is 20.3 Å². The van der Waals surface area contributed by atoms with Crippen molar-refractivity contribution < 1.29 is 17.6 Å². The Bertz CT molecular complexity index is 227. The highest BCUT2D eigenvalue weighted by Crippen LogP contribution is 2.48. The van der Waals surface area contributed by atoms with Gasteiger partial charge >= 0.3 is 11.8 Å². The summed E-state index contributed by atoms with van der Waals surface area (Å²) in [7, 11) is 0. The zero-order valence-electron chi connectivity index (χ0n) is 6.93. The lowest BCUT2D eigenvalue weighted by Gasteiger charge is -2.32. The summed E-state index contributed by atoms with van der Waals surface area (Å²) in [5, 5.41) is 0. The molecule has 0 aliphatic heterocycles. The van der Waals surface area contributed by atoms with Gasteiger partial charge in [0.05, 0.1) is 0 Å². The average molecular weight is 182 g/mol. The first-order valence-electron chi connectivity index (χ1n) is 3.71. The van der Waals surface area contributed by atoms with Crippen LogP contribution in [0.25, 0.3) is 0 Å². The topological polar surface area (TPSA) is 0 Å². The Balaban J connectivity index is 3.12. The molecule has 0 amide bonds. The minimum atomic E-state index is -3.95. The largest absolute Gasteiger partial charge is 0.331 e. The maximum Gasteiger partial charge on any atom is 0.331 e. The van der Waals surface area contributed by atoms with Gasteiger partial charge in [0.25, 0.3) is 0 Å². The third kappa shape index (κ3) is 1.13. The van der Waals surface area contributed by atoms with E-state index in [9.17, 15) is 17.6 Å². The molecule has 0 N–H and O–H groups in total. The maximum atomic E-state index is 12.8. The van der Waals surface area contributed by atoms with E-state index in [1.54, 1.807) is 0 Å². The first-order valence-corrected chi connectivity index (χ1v) is 3.71. The quantitative estimate of drug-likeness (QED) is 0.398. The monoisotopic (exact) mass is 182 g/mol. The van der Waals surface area contributed by atoms with Crippen molar-refractivity contribution in [2.45, 2.75) is 38.5 Å². The summed E-state index contributed by atoms with van der Waals surface area (Å²) in [5.74, 6) is -7.81. The summed E-state index contributed by atoms with van der Waals surface area (Å²) in [6, 6.07) is 0. The van der Waals surface area contributed by atoms with Gasteiger partial charge in [0.2, 0.25) is 0 Å². The number of halogens is 4. The lowest BCUT2D eigenvalue weighted by Crippen LogP contribution is -2.44. The van der Waals surface area contributed by atoms with Crippen molar-refractivity contribution in [2.75, 3.05) is 0 Å². The lowest BCUT2D eigenvalue weighted by molar-refractivity contribution is -0.194. The molecule has 0 radical (unpaired) electrons. The third-order valence-electron chi connectivity index (χ3n) is 2.38. The number of hydrogen-bond donors (Lipinski definition) is 0. The highest BCUT2D eigenvalue weighted by molar-refractivity contribution is 5.25. The van der Waals surface area contributed by atoms with Crippen LogP contribution in [0.4, 0.5) is 17.6 Å². The molecule has 0 unspecified atom stereocenters. The second-order valence-electron chi connectivity index (χ2n) is 3.18. The Kier molecular flexibility index (Phi) is 1.97. The van der Waals surface area contributed by atoms with Gasteiger partial charge < -0.3 is 0 Å². The predicted octanol–water partition coefficient (Wildman–Crippen LogP) is 3.39. The van der Waals surface area contributed by atoms with Crippen LogP contribution < -0.4 is 0 Å². The van der Waals surface area contributed by atoms with Crippen LogP contribution in [0.15, 0.2) is 11.1 Å². The fourth-order valence-corrected chi connectivity index (χ4v) is 1.23. The van der Waals surface area contributed by atoms with E-state index < -0.39 is 23.8 Å². The van der Waals surface area contributed by atoms with E-state index >= 15 is 0 Å². The van der Waals surface area contributed by atoms with Crippen LogP contribution >= 0.6 is 0 Å². The molecule has 0 nitrogen and oxygen atoms in total. The zero-order valence-corrected chi connectivity index (χ0v) is 6.93. The Hall–Kier alpha value is -0.540. The molecule has 4 heteroatoms. The summed E-state index contributed by atoms with van der Waals surface area (Å²) in [6.07, 6.45) is -0.683. The molecule has 1 aliphatic carbocycles. The normalized spacial score (nSPS) is 27.5. The van der Waals surface area contributed by atoms with Crippen molar-refractivity contribution in [3.63, 3.8) is 0 Å². The number of rotatable bonds is 0. The molecule has 1 rings (SSSR count). The van der Waals surface area contributed by atoms with E-state index in [1.807, 2.05) is 0 Å². The SMILES string of the molecule is CC1=C(C)C(F)(F)C(F)(F)CC1. The van der Waals surface area contributed by atoms with Gasteiger partial charge in [-0.25, -0.2) is 0 Å². The molecule has 0 bridgehead atoms. The minimum absolute atomic E-state index is 0.0639. The summed E-state index contributed by atoms with van der Waals surface area (Å²) >= 11 is 0. The van der Waals surface area contributed by atoms with Crippen LogP contribution in [0.2, 0.25) is 0 Å². The van der Waals surface area contributed by atoms with E-state index in [1.165, 1.54) is 6.92 Å². The van der Waals surface area contributed by atoms with Gasteiger partial charge in [-0.3, -0.25) is 0 Å². The fourth-order valence-electron chi connectivity index (χ4n) is 1.23. The first-order chi connectivity index (χ1) is 5.29. The smallest absolute Gasteiger partial charge is 0.199 e. The van der Waals surface area contributed by atoms with Crippen molar-refractivity contribution in [3.05, 3.63) is 11.1 Å². The van der Waals surface area contributed by atoms with Crippen LogP contribution in [0, 0.1) is 0 Å². The van der Waals surface area contributed by atoms with Gasteiger partial charge in [-0.1, -0.05) is 5.57 Å². The van der Waals surface area contributed by atoms with E-state index in [2.05, 4.69) is 0 Å². The van der Waals surface area contributed by atoms with Crippen LogP contribution in [0.3, 0.4) is 0 Å². The van der Waals surface area contributed by atoms with E-state index in [0.29, 0.717) is 5.57 Å². The zero-order chi connectivity index (χ0) is 9.57. The van der Waals surface area contributed by atoms with Crippen LogP contribution in [-0.2, 0) is 0 Å². The second kappa shape index (κ2) is 2.47. The van der Waals surface area contributed by atoms with Crippen molar-refractivity contribution in [3.8, 4) is 0 Å². The third-order valence-corrected chi connectivity index (χ3v) is 2.38. The summed E-state index contributed by atoms with van der Waals surface area (Å²) in [5.41, 5.74) is -0.0929. The molecule has 12 heavy (non-hydrogen) atoms. The predicted molar refractivity (Wildman–Crippen MR) is 37.5 cm³/mol. The van der Waals surface area contributed by atoms with Gasteiger partial charge in [-0.2, -0.15) is 17.6 Å². The molecule has 0 atom stereocenters. The summed E-state index contributed by atoms with van der Waals surface area (Å²) in [4.78, 5) is 0. The van der Waals surface area contributed by atoms with Crippen molar-refractivity contribution in [1.29, 1.82) is 0 Å². The van der Waals surface area contributed by atoms with Crippen LogP contribution in [0.5, 0.6) is 0 Å². The molecule has 0 fully saturated rings. The average Bonchev–Trinajstić information content (AvgIpc) is 1.96. The van der Waals surface area contributed by atoms with Crippen molar-refractivity contribution >= 4 is 0 Å². The molecule has 0 spiro atoms. The minimum Gasteiger partial charge on any atom is -0.199 e. The van der Waals surface area contributed by atoms with Gasteiger partial charge in [0.15, 0.2) is 0 Å². The number of allylic oxidation sites excluding steroid dienone is 2. The highest BCUT2D eigenvalue weighted by Gasteiger charge is 2.58. The molecule has 0 saturated heterocycles. The Labute approximate surface area is 68.3 Å². The van der Waals surface area contributed by atoms with Crippen molar-refractivity contribution in [2.24, 2.45) is 0 Å². The molecule has 70 valence electrons. The molecular formula is C8H10F4. The highest BCUT2D eigenvalue weighted by atomic mass is 19.3. The van der Waals surface area contributed by atoms with Crippen LogP contribution in [0.1, 0.15) is 26.7 Å². The second-order valence-corrected chi connectivity index (χ2v) is 3.18. The Morgan fingerprint density at radius 2 is 1.58 bits per heavy atom. The van der Waals surface area contributed by atoms with E-state index in [-0.39, 0.29) is 6.42 Å². The maximum absolute atomic E-state index is 12.8. The van der Waals surface area contributed by atoms with Gasteiger partial charge in [-0.15, -0.1) is 0 Å². The van der Waals surface area contributed by atoms with E-state index in [0.717, 1.165) is 6.92 Å². The van der Waals surface area contributed by atoms with E-state index in [4.69, 9.17) is 0 Å². The number of hydrogen-bond acceptors (Lipinski definition) is 0. The molecule has 0 aromatic heterocycles. The molecule has 0 aromatic rings. The molecular weight excluding hydrogens is 172 g/mol. The van der Waals surface area contributed by atoms with Gasteiger partial charge in [0.1, 0.15) is 0 Å². The molecule has 0 saturated carbocycles. The first kappa shape index (κ1) is 9.55.